The molecule has 0 unspecified atom stereocenters. The highest BCUT2D eigenvalue weighted by atomic mass is 32.2. The molecule has 1 amide bonds. The van der Waals surface area contributed by atoms with Gasteiger partial charge in [-0.25, -0.2) is 13.8 Å². The molecule has 0 heterocycles. The third-order valence-corrected chi connectivity index (χ3v) is 5.04. The summed E-state index contributed by atoms with van der Waals surface area (Å²) >= 11 is 0. The molecule has 0 fully saturated rings. The number of hydrogen-bond acceptors (Lipinski definition) is 4. The van der Waals surface area contributed by atoms with Crippen LogP contribution in [0.5, 0.6) is 0 Å². The molecule has 5 nitrogen and oxygen atoms in total. The Morgan fingerprint density at radius 1 is 0.741 bits per heavy atom. The normalized spacial score (nSPS) is 10.9. The van der Waals surface area contributed by atoms with Crippen LogP contribution in [0.4, 0.5) is 0 Å². The SMILES string of the molecule is CS(=O)(=O)c1ccc(C(=O)NN=C(c2ccccc2)c2ccccc2)cc1. The molecule has 1 N–H and O–H groups in total. The van der Waals surface area contributed by atoms with Gasteiger partial charge >= 0.3 is 0 Å². The van der Waals surface area contributed by atoms with Gasteiger partial charge in [0.25, 0.3) is 5.91 Å². The number of hydrogen-bond donors (Lipinski definition) is 1. The second-order valence-corrected chi connectivity index (χ2v) is 7.95. The molecule has 0 bridgehead atoms. The minimum Gasteiger partial charge on any atom is -0.267 e. The molecule has 6 heteroatoms. The first-order valence-corrected chi connectivity index (χ1v) is 10.1. The zero-order chi connectivity index (χ0) is 19.3. The van der Waals surface area contributed by atoms with Crippen molar-refractivity contribution in [2.45, 2.75) is 4.90 Å². The summed E-state index contributed by atoms with van der Waals surface area (Å²) in [7, 11) is -3.30. The van der Waals surface area contributed by atoms with Crippen LogP contribution in [0.2, 0.25) is 0 Å². The van der Waals surface area contributed by atoms with Crippen LogP contribution in [0.15, 0.2) is 94.9 Å². The largest absolute Gasteiger partial charge is 0.271 e. The van der Waals surface area contributed by atoms with Gasteiger partial charge in [0.1, 0.15) is 0 Å². The van der Waals surface area contributed by atoms with Crippen LogP contribution >= 0.6 is 0 Å². The number of benzene rings is 3. The predicted octanol–water partition coefficient (Wildman–Crippen LogP) is 3.27. The molecule has 136 valence electrons. The summed E-state index contributed by atoms with van der Waals surface area (Å²) < 4.78 is 23.0. The van der Waals surface area contributed by atoms with Gasteiger partial charge in [-0.1, -0.05) is 60.7 Å². The first kappa shape index (κ1) is 18.5. The molecular weight excluding hydrogens is 360 g/mol. The van der Waals surface area contributed by atoms with Gasteiger partial charge in [-0.05, 0) is 24.3 Å². The second-order valence-electron chi connectivity index (χ2n) is 5.93. The van der Waals surface area contributed by atoms with E-state index < -0.39 is 15.7 Å². The molecule has 0 aliphatic heterocycles. The van der Waals surface area contributed by atoms with E-state index in [1.54, 1.807) is 0 Å². The summed E-state index contributed by atoms with van der Waals surface area (Å²) in [5.74, 6) is -0.417. The third kappa shape index (κ3) is 4.68. The number of carbonyl (C=O) groups excluding carboxylic acids is 1. The zero-order valence-electron chi connectivity index (χ0n) is 14.7. The van der Waals surface area contributed by atoms with Gasteiger partial charge in [0, 0.05) is 22.9 Å². The predicted molar refractivity (Wildman–Crippen MR) is 106 cm³/mol. The Hall–Kier alpha value is -3.25. The topological polar surface area (TPSA) is 75.6 Å². The van der Waals surface area contributed by atoms with Gasteiger partial charge in [0.05, 0.1) is 10.6 Å². The summed E-state index contributed by atoms with van der Waals surface area (Å²) in [5, 5.41) is 4.31. The van der Waals surface area contributed by atoms with Crippen molar-refractivity contribution in [3.05, 3.63) is 102 Å². The molecule has 3 rings (SSSR count). The van der Waals surface area contributed by atoms with E-state index in [-0.39, 0.29) is 4.90 Å². The first-order chi connectivity index (χ1) is 12.9. The minimum atomic E-state index is -3.30. The van der Waals surface area contributed by atoms with Crippen LogP contribution in [0.1, 0.15) is 21.5 Å². The summed E-state index contributed by atoms with van der Waals surface area (Å²) in [6.45, 7) is 0. The van der Waals surface area contributed by atoms with E-state index in [0.717, 1.165) is 17.4 Å². The molecule has 0 aromatic heterocycles. The molecule has 0 aliphatic rings. The first-order valence-electron chi connectivity index (χ1n) is 8.24. The van der Waals surface area contributed by atoms with Gasteiger partial charge in [0.2, 0.25) is 0 Å². The fourth-order valence-corrected chi connectivity index (χ4v) is 3.14. The van der Waals surface area contributed by atoms with Crippen molar-refractivity contribution in [3.8, 4) is 0 Å². The zero-order valence-corrected chi connectivity index (χ0v) is 15.5. The van der Waals surface area contributed by atoms with Crippen molar-refractivity contribution in [1.82, 2.24) is 5.43 Å². The minimum absolute atomic E-state index is 0.164. The van der Waals surface area contributed by atoms with E-state index >= 15 is 0 Å². The Balaban J connectivity index is 1.87. The Bertz CT molecular complexity index is 1020. The van der Waals surface area contributed by atoms with E-state index in [1.807, 2.05) is 60.7 Å². The maximum atomic E-state index is 12.4. The number of sulfone groups is 1. The quantitative estimate of drug-likeness (QED) is 0.547. The van der Waals surface area contributed by atoms with Gasteiger partial charge in [0.15, 0.2) is 9.84 Å². The van der Waals surface area contributed by atoms with Crippen molar-refractivity contribution in [1.29, 1.82) is 0 Å². The lowest BCUT2D eigenvalue weighted by Crippen LogP contribution is -2.20. The summed E-state index contributed by atoms with van der Waals surface area (Å²) in [4.78, 5) is 12.6. The lowest BCUT2D eigenvalue weighted by Gasteiger charge is -2.08. The standard InChI is InChI=1S/C21H18N2O3S/c1-27(25,26)19-14-12-18(13-15-19)21(24)23-22-20(16-8-4-2-5-9-16)17-10-6-3-7-11-17/h2-15H,1H3,(H,23,24). The molecule has 0 radical (unpaired) electrons. The molecule has 0 saturated heterocycles. The molecular formula is C21H18N2O3S. The van der Waals surface area contributed by atoms with Gasteiger partial charge < -0.3 is 0 Å². The van der Waals surface area contributed by atoms with Gasteiger partial charge in [-0.15, -0.1) is 0 Å². The number of carbonyl (C=O) groups is 1. The maximum absolute atomic E-state index is 12.4. The van der Waals surface area contributed by atoms with Crippen molar-refractivity contribution < 1.29 is 13.2 Å². The molecule has 0 saturated carbocycles. The van der Waals surface area contributed by atoms with Crippen LogP contribution in [0.3, 0.4) is 0 Å². The number of nitrogens with one attached hydrogen (secondary N) is 1. The second kappa shape index (κ2) is 7.97. The summed E-state index contributed by atoms with van der Waals surface area (Å²) in [5.41, 5.74) is 5.26. The molecule has 3 aromatic rings. The lowest BCUT2D eigenvalue weighted by atomic mass is 10.0. The van der Waals surface area contributed by atoms with E-state index in [4.69, 9.17) is 0 Å². The van der Waals surface area contributed by atoms with Crippen LogP contribution in [-0.4, -0.2) is 26.3 Å². The molecule has 3 aromatic carbocycles. The number of amides is 1. The van der Waals surface area contributed by atoms with Crippen LogP contribution in [-0.2, 0) is 9.84 Å². The van der Waals surface area contributed by atoms with Crippen LogP contribution in [0.25, 0.3) is 0 Å². The Morgan fingerprint density at radius 3 is 1.67 bits per heavy atom. The molecule has 0 spiro atoms. The fraction of sp³-hybridized carbons (Fsp3) is 0.0476. The summed E-state index contributed by atoms with van der Waals surface area (Å²) in [6.07, 6.45) is 1.12. The smallest absolute Gasteiger partial charge is 0.267 e. The van der Waals surface area contributed by atoms with Crippen molar-refractivity contribution in [3.63, 3.8) is 0 Å². The highest BCUT2D eigenvalue weighted by Crippen LogP contribution is 2.12. The van der Waals surface area contributed by atoms with Crippen LogP contribution in [0, 0.1) is 0 Å². The number of nitrogens with zero attached hydrogens (tertiary/aromatic N) is 1. The Labute approximate surface area is 158 Å². The molecule has 0 atom stereocenters. The monoisotopic (exact) mass is 378 g/mol. The highest BCUT2D eigenvalue weighted by Gasteiger charge is 2.11. The van der Waals surface area contributed by atoms with Crippen LogP contribution < -0.4 is 5.43 Å². The van der Waals surface area contributed by atoms with E-state index in [9.17, 15) is 13.2 Å². The average molecular weight is 378 g/mol. The van der Waals surface area contributed by atoms with Gasteiger partial charge in [-0.3, -0.25) is 4.79 Å². The molecule has 27 heavy (non-hydrogen) atoms. The maximum Gasteiger partial charge on any atom is 0.271 e. The molecule has 0 aliphatic carbocycles. The summed E-state index contributed by atoms with van der Waals surface area (Å²) in [6, 6.07) is 24.8. The van der Waals surface area contributed by atoms with Gasteiger partial charge in [-0.2, -0.15) is 5.10 Å². The Kier molecular flexibility index (Phi) is 5.47. The lowest BCUT2D eigenvalue weighted by molar-refractivity contribution is 0.0955. The van der Waals surface area contributed by atoms with Crippen molar-refractivity contribution in [2.24, 2.45) is 5.10 Å². The van der Waals surface area contributed by atoms with E-state index in [0.29, 0.717) is 11.3 Å². The highest BCUT2D eigenvalue weighted by molar-refractivity contribution is 7.90. The number of hydrazone groups is 1. The van der Waals surface area contributed by atoms with E-state index in [1.165, 1.54) is 24.3 Å². The third-order valence-electron chi connectivity index (χ3n) is 3.91. The Morgan fingerprint density at radius 2 is 1.22 bits per heavy atom. The fourth-order valence-electron chi connectivity index (χ4n) is 2.51. The van der Waals surface area contributed by atoms with Crippen molar-refractivity contribution >= 4 is 21.5 Å². The average Bonchev–Trinajstić information content (AvgIpc) is 2.69. The van der Waals surface area contributed by atoms with Crippen molar-refractivity contribution in [2.75, 3.05) is 6.26 Å². The number of rotatable bonds is 5. The van der Waals surface area contributed by atoms with E-state index in [2.05, 4.69) is 10.5 Å².